The third kappa shape index (κ3) is 1.98. The number of benzene rings is 1. The van der Waals surface area contributed by atoms with Crippen LogP contribution in [0.5, 0.6) is 0 Å². The largest absolute Gasteiger partial charge is 0.312 e. The van der Waals surface area contributed by atoms with Gasteiger partial charge in [-0.2, -0.15) is 0 Å². The smallest absolute Gasteiger partial charge is 0.0798 e. The van der Waals surface area contributed by atoms with Crippen LogP contribution in [0, 0.1) is 6.92 Å². The zero-order valence-corrected chi connectivity index (χ0v) is 11.6. The van der Waals surface area contributed by atoms with Crippen molar-refractivity contribution >= 4 is 11.3 Å². The lowest BCUT2D eigenvalue weighted by Gasteiger charge is -2.32. The van der Waals surface area contributed by atoms with Crippen molar-refractivity contribution < 1.29 is 0 Å². The Morgan fingerprint density at radius 1 is 1.44 bits per heavy atom. The van der Waals surface area contributed by atoms with E-state index in [2.05, 4.69) is 41.5 Å². The minimum absolute atomic E-state index is 0.441. The zero-order chi connectivity index (χ0) is 12.5. The fourth-order valence-corrected chi connectivity index (χ4v) is 3.78. The lowest BCUT2D eigenvalue weighted by atomic mass is 9.74. The number of aromatic nitrogens is 1. The van der Waals surface area contributed by atoms with Gasteiger partial charge < -0.3 is 5.32 Å². The van der Waals surface area contributed by atoms with Gasteiger partial charge in [0.15, 0.2) is 0 Å². The van der Waals surface area contributed by atoms with Crippen LogP contribution in [0.15, 0.2) is 29.8 Å². The molecule has 1 aliphatic rings. The SMILES string of the molecule is CNC(CC1Cc2ccccc21)c1scnc1C. The van der Waals surface area contributed by atoms with Crippen molar-refractivity contribution in [3.8, 4) is 0 Å². The molecular weight excluding hydrogens is 240 g/mol. The maximum atomic E-state index is 4.36. The number of nitrogens with one attached hydrogen (secondary N) is 1. The summed E-state index contributed by atoms with van der Waals surface area (Å²) in [4.78, 5) is 5.75. The highest BCUT2D eigenvalue weighted by atomic mass is 32.1. The summed E-state index contributed by atoms with van der Waals surface area (Å²) >= 11 is 1.77. The molecule has 1 N–H and O–H groups in total. The van der Waals surface area contributed by atoms with Crippen LogP contribution in [-0.4, -0.2) is 12.0 Å². The number of hydrogen-bond acceptors (Lipinski definition) is 3. The quantitative estimate of drug-likeness (QED) is 0.908. The first kappa shape index (κ1) is 11.9. The van der Waals surface area contributed by atoms with E-state index in [-0.39, 0.29) is 0 Å². The summed E-state index contributed by atoms with van der Waals surface area (Å²) in [7, 11) is 2.05. The maximum Gasteiger partial charge on any atom is 0.0798 e. The van der Waals surface area contributed by atoms with Gasteiger partial charge in [-0.3, -0.25) is 0 Å². The van der Waals surface area contributed by atoms with Gasteiger partial charge in [0.05, 0.1) is 11.2 Å². The molecule has 2 unspecified atom stereocenters. The van der Waals surface area contributed by atoms with Crippen molar-refractivity contribution in [2.45, 2.75) is 31.7 Å². The van der Waals surface area contributed by atoms with E-state index in [0.717, 1.165) is 0 Å². The van der Waals surface area contributed by atoms with E-state index in [1.165, 1.54) is 29.0 Å². The average molecular weight is 258 g/mol. The summed E-state index contributed by atoms with van der Waals surface area (Å²) in [5.74, 6) is 0.708. The minimum Gasteiger partial charge on any atom is -0.312 e. The summed E-state index contributed by atoms with van der Waals surface area (Å²) < 4.78 is 0. The molecule has 3 heteroatoms. The molecule has 0 saturated heterocycles. The third-order valence-electron chi connectivity index (χ3n) is 3.93. The van der Waals surface area contributed by atoms with Crippen molar-refractivity contribution in [3.63, 3.8) is 0 Å². The number of aryl methyl sites for hydroxylation is 1. The molecule has 18 heavy (non-hydrogen) atoms. The predicted molar refractivity (Wildman–Crippen MR) is 76.2 cm³/mol. The molecule has 0 saturated carbocycles. The van der Waals surface area contributed by atoms with Gasteiger partial charge in [0.2, 0.25) is 0 Å². The van der Waals surface area contributed by atoms with E-state index in [9.17, 15) is 0 Å². The highest BCUT2D eigenvalue weighted by molar-refractivity contribution is 7.09. The molecular formula is C15H18N2S. The van der Waals surface area contributed by atoms with Crippen LogP contribution < -0.4 is 5.32 Å². The van der Waals surface area contributed by atoms with Crippen LogP contribution in [0.2, 0.25) is 0 Å². The normalized spacial score (nSPS) is 19.1. The molecule has 0 fully saturated rings. The zero-order valence-electron chi connectivity index (χ0n) is 10.8. The maximum absolute atomic E-state index is 4.36. The van der Waals surface area contributed by atoms with E-state index >= 15 is 0 Å². The Bertz CT molecular complexity index is 547. The van der Waals surface area contributed by atoms with Crippen molar-refractivity contribution in [3.05, 3.63) is 51.5 Å². The molecule has 2 nitrogen and oxygen atoms in total. The fraction of sp³-hybridized carbons (Fsp3) is 0.400. The van der Waals surface area contributed by atoms with Crippen molar-refractivity contribution in [1.29, 1.82) is 0 Å². The first-order valence-electron chi connectivity index (χ1n) is 6.44. The Hall–Kier alpha value is -1.19. The highest BCUT2D eigenvalue weighted by Crippen LogP contribution is 2.41. The second kappa shape index (κ2) is 4.82. The van der Waals surface area contributed by atoms with E-state index in [1.54, 1.807) is 16.9 Å². The molecule has 2 atom stereocenters. The Morgan fingerprint density at radius 3 is 2.94 bits per heavy atom. The monoisotopic (exact) mass is 258 g/mol. The van der Waals surface area contributed by atoms with E-state index < -0.39 is 0 Å². The molecule has 0 radical (unpaired) electrons. The second-order valence-electron chi connectivity index (χ2n) is 4.98. The third-order valence-corrected chi connectivity index (χ3v) is 4.97. The van der Waals surface area contributed by atoms with Crippen LogP contribution in [0.3, 0.4) is 0 Å². The Kier molecular flexibility index (Phi) is 3.18. The molecule has 2 aromatic rings. The number of hydrogen-bond donors (Lipinski definition) is 1. The Labute approximate surface area is 112 Å². The van der Waals surface area contributed by atoms with Gasteiger partial charge in [0.25, 0.3) is 0 Å². The van der Waals surface area contributed by atoms with Gasteiger partial charge in [0.1, 0.15) is 0 Å². The topological polar surface area (TPSA) is 24.9 Å². The minimum atomic E-state index is 0.441. The number of fused-ring (bicyclic) bond motifs is 1. The van der Waals surface area contributed by atoms with Crippen LogP contribution in [0.25, 0.3) is 0 Å². The first-order valence-corrected chi connectivity index (χ1v) is 7.32. The van der Waals surface area contributed by atoms with E-state index in [1.807, 2.05) is 12.6 Å². The van der Waals surface area contributed by atoms with Crippen molar-refractivity contribution in [2.24, 2.45) is 0 Å². The van der Waals surface area contributed by atoms with E-state index in [4.69, 9.17) is 0 Å². The van der Waals surface area contributed by atoms with Crippen molar-refractivity contribution in [1.82, 2.24) is 10.3 Å². The van der Waals surface area contributed by atoms with Crippen molar-refractivity contribution in [2.75, 3.05) is 7.05 Å². The van der Waals surface area contributed by atoms with Gasteiger partial charge in [-0.1, -0.05) is 24.3 Å². The summed E-state index contributed by atoms with van der Waals surface area (Å²) in [5, 5.41) is 3.45. The second-order valence-corrected chi connectivity index (χ2v) is 5.87. The van der Waals surface area contributed by atoms with Gasteiger partial charge >= 0.3 is 0 Å². The number of rotatable bonds is 4. The molecule has 0 bridgehead atoms. The molecule has 0 aliphatic heterocycles. The Morgan fingerprint density at radius 2 is 2.28 bits per heavy atom. The summed E-state index contributed by atoms with van der Waals surface area (Å²) in [5.41, 5.74) is 6.19. The molecule has 0 amide bonds. The van der Waals surface area contributed by atoms with Gasteiger partial charge in [-0.05, 0) is 43.9 Å². The molecule has 1 aliphatic carbocycles. The first-order chi connectivity index (χ1) is 8.79. The standard InChI is InChI=1S/C15H18N2S/c1-10-15(18-9-17-10)14(16-2)8-12-7-11-5-3-4-6-13(11)12/h3-6,9,12,14,16H,7-8H2,1-2H3. The number of nitrogens with zero attached hydrogens (tertiary/aromatic N) is 1. The lowest BCUT2D eigenvalue weighted by Crippen LogP contribution is -2.24. The average Bonchev–Trinajstić information content (AvgIpc) is 2.77. The van der Waals surface area contributed by atoms with Crippen LogP contribution >= 0.6 is 11.3 Å². The molecule has 3 rings (SSSR count). The summed E-state index contributed by atoms with van der Waals surface area (Å²) in [6.45, 7) is 2.10. The predicted octanol–water partition coefficient (Wildman–Crippen LogP) is 3.44. The lowest BCUT2D eigenvalue weighted by molar-refractivity contribution is 0.455. The molecule has 0 spiro atoms. The molecule has 94 valence electrons. The summed E-state index contributed by atoms with van der Waals surface area (Å²) in [6.07, 6.45) is 2.41. The van der Waals surface area contributed by atoms with Gasteiger partial charge in [0, 0.05) is 10.9 Å². The molecule has 1 aromatic heterocycles. The highest BCUT2D eigenvalue weighted by Gasteiger charge is 2.29. The molecule has 1 aromatic carbocycles. The fourth-order valence-electron chi connectivity index (χ4n) is 2.86. The van der Waals surface area contributed by atoms with Gasteiger partial charge in [-0.15, -0.1) is 11.3 Å². The van der Waals surface area contributed by atoms with E-state index in [0.29, 0.717) is 12.0 Å². The Balaban J connectivity index is 1.76. The van der Waals surface area contributed by atoms with Crippen LogP contribution in [-0.2, 0) is 6.42 Å². The van der Waals surface area contributed by atoms with Crippen LogP contribution in [0.4, 0.5) is 0 Å². The van der Waals surface area contributed by atoms with Crippen LogP contribution in [0.1, 0.15) is 40.1 Å². The van der Waals surface area contributed by atoms with Gasteiger partial charge in [-0.25, -0.2) is 4.98 Å². The number of thiazole rings is 1. The molecule has 1 heterocycles. The summed E-state index contributed by atoms with van der Waals surface area (Å²) in [6, 6.07) is 9.25.